The maximum Gasteiger partial charge on any atom is 0.255 e. The third-order valence-electron chi connectivity index (χ3n) is 5.02. The third kappa shape index (κ3) is 4.95. The number of amides is 1. The summed E-state index contributed by atoms with van der Waals surface area (Å²) in [6.45, 7) is 0.217. The molecule has 0 aliphatic rings. The summed E-state index contributed by atoms with van der Waals surface area (Å²) in [5.74, 6) is 0.407. The smallest absolute Gasteiger partial charge is 0.255 e. The van der Waals surface area contributed by atoms with E-state index in [0.717, 1.165) is 11.1 Å². The second-order valence-electron chi connectivity index (χ2n) is 7.14. The summed E-state index contributed by atoms with van der Waals surface area (Å²) < 4.78 is 25.2. The van der Waals surface area contributed by atoms with Crippen molar-refractivity contribution < 1.29 is 18.7 Å². The van der Waals surface area contributed by atoms with E-state index in [4.69, 9.17) is 9.47 Å². The van der Waals surface area contributed by atoms with Crippen LogP contribution >= 0.6 is 0 Å². The second-order valence-corrected chi connectivity index (χ2v) is 7.14. The first-order chi connectivity index (χ1) is 15.6. The van der Waals surface area contributed by atoms with Crippen LogP contribution in [0.3, 0.4) is 0 Å². The van der Waals surface area contributed by atoms with E-state index >= 15 is 0 Å². The number of benzene rings is 4. The summed E-state index contributed by atoms with van der Waals surface area (Å²) in [6, 6.07) is 29.0. The predicted octanol–water partition coefficient (Wildman–Crippen LogP) is 6.33. The Kier molecular flexibility index (Phi) is 6.46. The minimum atomic E-state index is -0.489. The van der Waals surface area contributed by atoms with Gasteiger partial charge >= 0.3 is 0 Å². The Hall–Kier alpha value is -4.12. The molecule has 1 amide bonds. The molecule has 160 valence electrons. The number of hydrogen-bond donors (Lipinski definition) is 1. The molecule has 0 heterocycles. The average Bonchev–Trinajstić information content (AvgIpc) is 2.85. The van der Waals surface area contributed by atoms with Crippen molar-refractivity contribution in [2.45, 2.75) is 6.61 Å². The summed E-state index contributed by atoms with van der Waals surface area (Å²) in [4.78, 5) is 12.6. The van der Waals surface area contributed by atoms with E-state index in [1.165, 1.54) is 12.1 Å². The molecule has 4 nitrogen and oxygen atoms in total. The fourth-order valence-corrected chi connectivity index (χ4v) is 3.32. The Labute approximate surface area is 186 Å². The summed E-state index contributed by atoms with van der Waals surface area (Å²) in [5.41, 5.74) is 3.45. The van der Waals surface area contributed by atoms with Gasteiger partial charge in [-0.05, 0) is 53.6 Å². The molecule has 32 heavy (non-hydrogen) atoms. The van der Waals surface area contributed by atoms with Crippen molar-refractivity contribution in [1.82, 2.24) is 0 Å². The average molecular weight is 427 g/mol. The Morgan fingerprint density at radius 3 is 2.25 bits per heavy atom. The van der Waals surface area contributed by atoms with Gasteiger partial charge in [-0.25, -0.2) is 4.39 Å². The molecule has 0 aromatic heterocycles. The van der Waals surface area contributed by atoms with Gasteiger partial charge in [-0.3, -0.25) is 4.79 Å². The van der Waals surface area contributed by atoms with Gasteiger partial charge in [0.15, 0.2) is 0 Å². The number of ether oxygens (including phenoxy) is 2. The highest BCUT2D eigenvalue weighted by atomic mass is 19.1. The van der Waals surface area contributed by atoms with Gasteiger partial charge in [0.25, 0.3) is 5.91 Å². The number of methoxy groups -OCH3 is 1. The Bertz CT molecular complexity index is 1210. The van der Waals surface area contributed by atoms with E-state index in [2.05, 4.69) is 17.4 Å². The van der Waals surface area contributed by atoms with Gasteiger partial charge in [-0.2, -0.15) is 0 Å². The van der Waals surface area contributed by atoms with Gasteiger partial charge in [0.1, 0.15) is 23.9 Å². The van der Waals surface area contributed by atoms with E-state index in [9.17, 15) is 9.18 Å². The van der Waals surface area contributed by atoms with Gasteiger partial charge < -0.3 is 14.8 Å². The normalized spacial score (nSPS) is 10.4. The molecular weight excluding hydrogens is 405 g/mol. The van der Waals surface area contributed by atoms with Crippen LogP contribution in [0.15, 0.2) is 97.1 Å². The highest BCUT2D eigenvalue weighted by molar-refractivity contribution is 6.04. The molecule has 0 aliphatic carbocycles. The molecule has 0 bridgehead atoms. The topological polar surface area (TPSA) is 47.6 Å². The second kappa shape index (κ2) is 9.79. The van der Waals surface area contributed by atoms with Crippen molar-refractivity contribution in [2.75, 3.05) is 12.4 Å². The molecule has 4 aromatic rings. The quantitative estimate of drug-likeness (QED) is 0.375. The lowest BCUT2D eigenvalue weighted by molar-refractivity contribution is 0.102. The number of carbonyl (C=O) groups is 1. The lowest BCUT2D eigenvalue weighted by atomic mass is 10.1. The number of nitrogens with one attached hydrogen (secondary N) is 1. The highest BCUT2D eigenvalue weighted by Gasteiger charge is 2.13. The van der Waals surface area contributed by atoms with E-state index in [1.54, 1.807) is 37.4 Å². The molecule has 0 atom stereocenters. The molecule has 0 radical (unpaired) electrons. The Morgan fingerprint density at radius 1 is 0.844 bits per heavy atom. The van der Waals surface area contributed by atoms with Crippen LogP contribution < -0.4 is 14.8 Å². The van der Waals surface area contributed by atoms with Gasteiger partial charge in [-0.15, -0.1) is 0 Å². The summed E-state index contributed by atoms with van der Waals surface area (Å²) in [7, 11) is 1.56. The number of anilines is 1. The van der Waals surface area contributed by atoms with Crippen LogP contribution in [0.4, 0.5) is 10.1 Å². The Morgan fingerprint density at radius 2 is 1.53 bits per heavy atom. The molecule has 0 fully saturated rings. The standard InChI is InChI=1S/C27H22FNO3/c1-31-26-16-13-21(27(30)29-25-10-6-5-9-24(25)28)17-22(26)18-32-23-14-11-20(12-15-23)19-7-3-2-4-8-19/h2-17H,18H2,1H3,(H,29,30). The maximum atomic E-state index is 13.9. The van der Waals surface area contributed by atoms with Crippen LogP contribution in [-0.2, 0) is 6.61 Å². The highest BCUT2D eigenvalue weighted by Crippen LogP contribution is 2.25. The minimum Gasteiger partial charge on any atom is -0.496 e. The molecule has 0 saturated carbocycles. The van der Waals surface area contributed by atoms with Crippen molar-refractivity contribution in [2.24, 2.45) is 0 Å². The first kappa shape index (κ1) is 21.1. The summed E-state index contributed by atoms with van der Waals surface area (Å²) in [5, 5.41) is 2.59. The zero-order valence-corrected chi connectivity index (χ0v) is 17.5. The van der Waals surface area contributed by atoms with Crippen LogP contribution in [0.1, 0.15) is 15.9 Å². The third-order valence-corrected chi connectivity index (χ3v) is 5.02. The molecule has 0 saturated heterocycles. The number of para-hydroxylation sites is 1. The van der Waals surface area contributed by atoms with Crippen molar-refractivity contribution >= 4 is 11.6 Å². The van der Waals surface area contributed by atoms with Gasteiger partial charge in [-0.1, -0.05) is 54.6 Å². The predicted molar refractivity (Wildman–Crippen MR) is 124 cm³/mol. The molecular formula is C27H22FNO3. The van der Waals surface area contributed by atoms with Crippen molar-refractivity contribution in [3.63, 3.8) is 0 Å². The van der Waals surface area contributed by atoms with Crippen LogP contribution in [0, 0.1) is 5.82 Å². The van der Waals surface area contributed by atoms with Crippen LogP contribution in [0.25, 0.3) is 11.1 Å². The number of halogens is 1. The number of rotatable bonds is 7. The molecule has 0 aliphatic heterocycles. The largest absolute Gasteiger partial charge is 0.496 e. The first-order valence-electron chi connectivity index (χ1n) is 10.1. The summed E-state index contributed by atoms with van der Waals surface area (Å²) >= 11 is 0. The molecule has 1 N–H and O–H groups in total. The van der Waals surface area contributed by atoms with E-state index in [-0.39, 0.29) is 12.3 Å². The minimum absolute atomic E-state index is 0.129. The summed E-state index contributed by atoms with van der Waals surface area (Å²) in [6.07, 6.45) is 0. The zero-order chi connectivity index (χ0) is 22.3. The lowest BCUT2D eigenvalue weighted by Crippen LogP contribution is -2.13. The van der Waals surface area contributed by atoms with Crippen molar-refractivity contribution in [3.8, 4) is 22.6 Å². The van der Waals surface area contributed by atoms with Crippen molar-refractivity contribution in [3.05, 3.63) is 114 Å². The fourth-order valence-electron chi connectivity index (χ4n) is 3.32. The molecule has 5 heteroatoms. The SMILES string of the molecule is COc1ccc(C(=O)Nc2ccccc2F)cc1COc1ccc(-c2ccccc2)cc1. The fraction of sp³-hybridized carbons (Fsp3) is 0.0741. The van der Waals surface area contributed by atoms with Crippen LogP contribution in [0.5, 0.6) is 11.5 Å². The zero-order valence-electron chi connectivity index (χ0n) is 17.5. The maximum absolute atomic E-state index is 13.9. The number of hydrogen-bond acceptors (Lipinski definition) is 3. The molecule has 0 spiro atoms. The van der Waals surface area contributed by atoms with Gasteiger partial charge in [0.2, 0.25) is 0 Å². The molecule has 4 rings (SSSR count). The Balaban J connectivity index is 1.47. The van der Waals surface area contributed by atoms with Crippen LogP contribution in [-0.4, -0.2) is 13.0 Å². The van der Waals surface area contributed by atoms with Crippen molar-refractivity contribution in [1.29, 1.82) is 0 Å². The monoisotopic (exact) mass is 427 g/mol. The van der Waals surface area contributed by atoms with E-state index < -0.39 is 11.7 Å². The van der Waals surface area contributed by atoms with Gasteiger partial charge in [0.05, 0.1) is 12.8 Å². The lowest BCUT2D eigenvalue weighted by Gasteiger charge is -2.13. The molecule has 0 unspecified atom stereocenters. The van der Waals surface area contributed by atoms with Gasteiger partial charge in [0, 0.05) is 11.1 Å². The number of carbonyl (C=O) groups excluding carboxylic acids is 1. The first-order valence-corrected chi connectivity index (χ1v) is 10.1. The van der Waals surface area contributed by atoms with Crippen LogP contribution in [0.2, 0.25) is 0 Å². The van der Waals surface area contributed by atoms with E-state index in [1.807, 2.05) is 42.5 Å². The van der Waals surface area contributed by atoms with E-state index in [0.29, 0.717) is 22.6 Å². The molecule has 4 aromatic carbocycles.